The Morgan fingerprint density at radius 2 is 1.87 bits per heavy atom. The van der Waals surface area contributed by atoms with Gasteiger partial charge < -0.3 is 14.4 Å². The Labute approximate surface area is 88.1 Å². The first kappa shape index (κ1) is 11.8. The van der Waals surface area contributed by atoms with E-state index in [2.05, 4.69) is 0 Å². The summed E-state index contributed by atoms with van der Waals surface area (Å²) in [7, 11) is -4.16. The van der Waals surface area contributed by atoms with Gasteiger partial charge in [0.1, 0.15) is 11.5 Å². The van der Waals surface area contributed by atoms with Crippen LogP contribution in [0.15, 0.2) is 24.3 Å². The second-order valence-corrected chi connectivity index (χ2v) is 4.48. The van der Waals surface area contributed by atoms with E-state index < -0.39 is 15.9 Å². The number of ether oxygens (including phenoxy) is 1. The maximum Gasteiger partial charge on any atom is 0.119 e. The molecule has 0 atom stereocenters. The number of hydrogen-bond donors (Lipinski definition) is 1. The predicted octanol–water partition coefficient (Wildman–Crippen LogP) is 0.706. The number of phenolic OH excluding ortho intramolecular Hbond substituents is 1. The van der Waals surface area contributed by atoms with Gasteiger partial charge in [-0.05, 0) is 30.7 Å². The molecular formula is C9H11O5S-. The van der Waals surface area contributed by atoms with Gasteiger partial charge in [-0.15, -0.1) is 0 Å². The topological polar surface area (TPSA) is 86.7 Å². The summed E-state index contributed by atoms with van der Waals surface area (Å²) < 4.78 is 35.9. The lowest BCUT2D eigenvalue weighted by Gasteiger charge is -2.08. The highest BCUT2D eigenvalue weighted by Crippen LogP contribution is 2.15. The SMILES string of the molecule is O=S(=O)([O-])CCCOc1ccc(O)cc1. The molecule has 1 N–H and O–H groups in total. The number of rotatable bonds is 5. The summed E-state index contributed by atoms with van der Waals surface area (Å²) in [5.41, 5.74) is 0. The van der Waals surface area contributed by atoms with Crippen LogP contribution in [0.3, 0.4) is 0 Å². The van der Waals surface area contributed by atoms with Crippen LogP contribution in [0.5, 0.6) is 11.5 Å². The minimum atomic E-state index is -4.16. The molecule has 0 radical (unpaired) electrons. The van der Waals surface area contributed by atoms with Gasteiger partial charge >= 0.3 is 0 Å². The van der Waals surface area contributed by atoms with Crippen molar-refractivity contribution in [3.05, 3.63) is 24.3 Å². The fraction of sp³-hybridized carbons (Fsp3) is 0.333. The third-order valence-corrected chi connectivity index (χ3v) is 2.43. The van der Waals surface area contributed by atoms with E-state index in [1.54, 1.807) is 12.1 Å². The Bertz CT molecular complexity index is 395. The molecule has 0 saturated heterocycles. The van der Waals surface area contributed by atoms with Crippen LogP contribution in [-0.4, -0.2) is 30.4 Å². The maximum atomic E-state index is 10.2. The van der Waals surface area contributed by atoms with Crippen LogP contribution in [-0.2, 0) is 10.1 Å². The molecule has 15 heavy (non-hydrogen) atoms. The Morgan fingerprint density at radius 1 is 1.27 bits per heavy atom. The molecule has 1 aromatic carbocycles. The van der Waals surface area contributed by atoms with Gasteiger partial charge in [0.15, 0.2) is 0 Å². The van der Waals surface area contributed by atoms with Crippen molar-refractivity contribution in [2.45, 2.75) is 6.42 Å². The Morgan fingerprint density at radius 3 is 2.40 bits per heavy atom. The zero-order valence-corrected chi connectivity index (χ0v) is 8.74. The molecule has 1 aromatic rings. The van der Waals surface area contributed by atoms with E-state index >= 15 is 0 Å². The van der Waals surface area contributed by atoms with Crippen LogP contribution in [0.2, 0.25) is 0 Å². The van der Waals surface area contributed by atoms with E-state index in [1.807, 2.05) is 0 Å². The van der Waals surface area contributed by atoms with Crippen molar-refractivity contribution >= 4 is 10.1 Å². The van der Waals surface area contributed by atoms with Crippen LogP contribution >= 0.6 is 0 Å². The molecule has 5 nitrogen and oxygen atoms in total. The van der Waals surface area contributed by atoms with Crippen molar-refractivity contribution in [3.8, 4) is 11.5 Å². The van der Waals surface area contributed by atoms with Gasteiger partial charge in [0.25, 0.3) is 0 Å². The molecule has 0 aliphatic heterocycles. The van der Waals surface area contributed by atoms with Gasteiger partial charge in [-0.1, -0.05) is 0 Å². The molecular weight excluding hydrogens is 220 g/mol. The van der Waals surface area contributed by atoms with E-state index in [-0.39, 0.29) is 18.8 Å². The molecule has 0 fully saturated rings. The van der Waals surface area contributed by atoms with Crippen molar-refractivity contribution in [1.29, 1.82) is 0 Å². The third-order valence-electron chi connectivity index (χ3n) is 1.64. The van der Waals surface area contributed by atoms with Gasteiger partial charge in [0.05, 0.1) is 16.7 Å². The first-order valence-electron chi connectivity index (χ1n) is 4.33. The van der Waals surface area contributed by atoms with Gasteiger partial charge in [0.2, 0.25) is 0 Å². The van der Waals surface area contributed by atoms with Gasteiger partial charge in [-0.25, -0.2) is 8.42 Å². The van der Waals surface area contributed by atoms with Crippen LogP contribution in [0, 0.1) is 0 Å². The monoisotopic (exact) mass is 231 g/mol. The molecule has 0 bridgehead atoms. The van der Waals surface area contributed by atoms with Crippen molar-refractivity contribution < 1.29 is 22.8 Å². The normalized spacial score (nSPS) is 11.3. The van der Waals surface area contributed by atoms with Crippen LogP contribution in [0.25, 0.3) is 0 Å². The number of phenols is 1. The second kappa shape index (κ2) is 4.99. The summed E-state index contributed by atoms with van der Waals surface area (Å²) in [6, 6.07) is 6.03. The summed E-state index contributed by atoms with van der Waals surface area (Å²) >= 11 is 0. The minimum Gasteiger partial charge on any atom is -0.748 e. The van der Waals surface area contributed by atoms with Crippen molar-refractivity contribution in [1.82, 2.24) is 0 Å². The van der Waals surface area contributed by atoms with Crippen molar-refractivity contribution in [3.63, 3.8) is 0 Å². The molecule has 1 rings (SSSR count). The maximum absolute atomic E-state index is 10.2. The minimum absolute atomic E-state index is 0.129. The van der Waals surface area contributed by atoms with Gasteiger partial charge in [-0.3, -0.25) is 0 Å². The van der Waals surface area contributed by atoms with E-state index in [4.69, 9.17) is 9.84 Å². The highest BCUT2D eigenvalue weighted by molar-refractivity contribution is 7.85. The molecule has 0 amide bonds. The quantitative estimate of drug-likeness (QED) is 0.595. The number of hydrogen-bond acceptors (Lipinski definition) is 5. The lowest BCUT2D eigenvalue weighted by atomic mass is 10.3. The highest BCUT2D eigenvalue weighted by atomic mass is 32.2. The van der Waals surface area contributed by atoms with Crippen LogP contribution < -0.4 is 4.74 Å². The van der Waals surface area contributed by atoms with Crippen LogP contribution in [0.1, 0.15) is 6.42 Å². The molecule has 0 aliphatic carbocycles. The Hall–Kier alpha value is -1.27. The molecule has 0 aromatic heterocycles. The summed E-state index contributed by atoms with van der Waals surface area (Å²) in [5, 5.41) is 8.96. The zero-order valence-electron chi connectivity index (χ0n) is 7.92. The highest BCUT2D eigenvalue weighted by Gasteiger charge is 1.97. The summed E-state index contributed by atoms with van der Waals surface area (Å²) in [5.74, 6) is 0.228. The molecule has 84 valence electrons. The summed E-state index contributed by atoms with van der Waals surface area (Å²) in [6.45, 7) is 0.159. The molecule has 0 spiro atoms. The van der Waals surface area contributed by atoms with E-state index in [0.717, 1.165) is 0 Å². The summed E-state index contributed by atoms with van der Waals surface area (Å²) in [6.07, 6.45) is 0.159. The number of benzene rings is 1. The van der Waals surface area contributed by atoms with Crippen molar-refractivity contribution in [2.75, 3.05) is 12.4 Å². The molecule has 0 unspecified atom stereocenters. The Balaban J connectivity index is 2.29. The van der Waals surface area contributed by atoms with Gasteiger partial charge in [-0.2, -0.15) is 0 Å². The second-order valence-electron chi connectivity index (χ2n) is 2.96. The van der Waals surface area contributed by atoms with Gasteiger partial charge in [0, 0.05) is 5.75 Å². The molecule has 6 heteroatoms. The largest absolute Gasteiger partial charge is 0.748 e. The average Bonchev–Trinajstić information content (AvgIpc) is 2.14. The Kier molecular flexibility index (Phi) is 3.93. The standard InChI is InChI=1S/C9H12O5S/c10-8-2-4-9(5-3-8)14-6-1-7-15(11,12)13/h2-5,10H,1,6-7H2,(H,11,12,13)/p-1. The van der Waals surface area contributed by atoms with E-state index in [9.17, 15) is 13.0 Å². The zero-order chi connectivity index (χ0) is 11.3. The predicted molar refractivity (Wildman–Crippen MR) is 52.8 cm³/mol. The van der Waals surface area contributed by atoms with Crippen LogP contribution in [0.4, 0.5) is 0 Å². The number of aromatic hydroxyl groups is 1. The summed E-state index contributed by atoms with van der Waals surface area (Å²) in [4.78, 5) is 0. The lowest BCUT2D eigenvalue weighted by molar-refractivity contribution is 0.315. The van der Waals surface area contributed by atoms with E-state index in [0.29, 0.717) is 5.75 Å². The molecule has 0 saturated carbocycles. The fourth-order valence-corrected chi connectivity index (χ4v) is 1.44. The lowest BCUT2D eigenvalue weighted by Crippen LogP contribution is -2.08. The van der Waals surface area contributed by atoms with Crippen molar-refractivity contribution in [2.24, 2.45) is 0 Å². The smallest absolute Gasteiger partial charge is 0.119 e. The van der Waals surface area contributed by atoms with E-state index in [1.165, 1.54) is 12.1 Å². The third kappa shape index (κ3) is 5.24. The average molecular weight is 231 g/mol. The molecule has 0 aliphatic rings. The first-order valence-corrected chi connectivity index (χ1v) is 5.90. The fourth-order valence-electron chi connectivity index (χ4n) is 0.968. The molecule has 0 heterocycles. The first-order chi connectivity index (χ1) is 6.97.